The lowest BCUT2D eigenvalue weighted by molar-refractivity contribution is -0.118. The number of ether oxygens (including phenoxy) is 2. The van der Waals surface area contributed by atoms with E-state index in [9.17, 15) is 4.79 Å². The van der Waals surface area contributed by atoms with Crippen LogP contribution in [-0.4, -0.2) is 23.7 Å². The number of hydrogen-bond acceptors (Lipinski definition) is 5. The molecule has 6 nitrogen and oxygen atoms in total. The van der Waals surface area contributed by atoms with Gasteiger partial charge in [-0.25, -0.2) is 4.99 Å². The lowest BCUT2D eigenvalue weighted by Gasteiger charge is -2.18. The highest BCUT2D eigenvalue weighted by Gasteiger charge is 2.17. The molecule has 1 amide bonds. The Morgan fingerprint density at radius 2 is 2.14 bits per heavy atom. The normalized spacial score (nSPS) is 13.4. The van der Waals surface area contributed by atoms with Crippen molar-refractivity contribution in [3.05, 3.63) is 65.3 Å². The first-order valence-electron chi connectivity index (χ1n) is 9.32. The van der Waals surface area contributed by atoms with Crippen LogP contribution in [0.4, 0.5) is 11.4 Å². The van der Waals surface area contributed by atoms with Crippen molar-refractivity contribution in [2.45, 2.75) is 13.5 Å². The summed E-state index contributed by atoms with van der Waals surface area (Å²) in [5, 5.41) is 4.92. The number of rotatable bonds is 6. The molecule has 1 aliphatic rings. The minimum Gasteiger partial charge on any atom is -0.494 e. The molecule has 4 rings (SSSR count). The molecule has 2 aromatic carbocycles. The van der Waals surface area contributed by atoms with Gasteiger partial charge in [0.2, 0.25) is 0 Å². The van der Waals surface area contributed by atoms with Gasteiger partial charge in [-0.15, -0.1) is 17.9 Å². The van der Waals surface area contributed by atoms with E-state index < -0.39 is 0 Å². The lowest BCUT2D eigenvalue weighted by Crippen LogP contribution is -2.25. The second-order valence-electron chi connectivity index (χ2n) is 6.39. The number of hydrogen-bond donors (Lipinski definition) is 1. The number of nitrogens with zero attached hydrogens (tertiary/aromatic N) is 2. The summed E-state index contributed by atoms with van der Waals surface area (Å²) in [6, 6.07) is 13.5. The van der Waals surface area contributed by atoms with Gasteiger partial charge in [0.1, 0.15) is 11.5 Å². The van der Waals surface area contributed by atoms with Crippen LogP contribution in [-0.2, 0) is 11.3 Å². The van der Waals surface area contributed by atoms with Gasteiger partial charge in [-0.2, -0.15) is 0 Å². The number of carbonyl (C=O) groups is 1. The summed E-state index contributed by atoms with van der Waals surface area (Å²) in [4.78, 5) is 17.3. The Morgan fingerprint density at radius 1 is 1.31 bits per heavy atom. The molecule has 2 heterocycles. The van der Waals surface area contributed by atoms with Crippen LogP contribution in [0.3, 0.4) is 0 Å². The number of thiazole rings is 1. The van der Waals surface area contributed by atoms with Crippen molar-refractivity contribution in [2.75, 3.05) is 18.5 Å². The number of allylic oxidation sites excluding steroid dienone is 1. The van der Waals surface area contributed by atoms with Gasteiger partial charge in [0, 0.05) is 17.5 Å². The Balaban J connectivity index is 1.73. The maximum absolute atomic E-state index is 11.6. The van der Waals surface area contributed by atoms with Crippen LogP contribution in [0.5, 0.6) is 11.5 Å². The Hall–Kier alpha value is -3.32. The van der Waals surface area contributed by atoms with Gasteiger partial charge in [-0.3, -0.25) is 4.79 Å². The molecule has 3 aromatic rings. The fourth-order valence-corrected chi connectivity index (χ4v) is 4.03. The van der Waals surface area contributed by atoms with Gasteiger partial charge in [0.15, 0.2) is 11.4 Å². The molecule has 1 aromatic heterocycles. The van der Waals surface area contributed by atoms with E-state index in [0.717, 1.165) is 27.5 Å². The van der Waals surface area contributed by atoms with Gasteiger partial charge in [-0.1, -0.05) is 6.08 Å². The summed E-state index contributed by atoms with van der Waals surface area (Å²) in [6.07, 6.45) is 1.84. The fraction of sp³-hybridized carbons (Fsp3) is 0.182. The molecule has 0 bridgehead atoms. The number of amides is 1. The van der Waals surface area contributed by atoms with E-state index >= 15 is 0 Å². The van der Waals surface area contributed by atoms with Crippen molar-refractivity contribution in [1.29, 1.82) is 0 Å². The third kappa shape index (κ3) is 4.09. The van der Waals surface area contributed by atoms with Crippen LogP contribution in [0.15, 0.2) is 65.5 Å². The fourth-order valence-electron chi connectivity index (χ4n) is 3.09. The van der Waals surface area contributed by atoms with Gasteiger partial charge in [0.05, 0.1) is 23.7 Å². The molecule has 0 radical (unpaired) electrons. The third-order valence-corrected chi connectivity index (χ3v) is 5.25. The SMILES string of the molecule is C=CCn1c(-c2ccc3c(c2)NC(=O)CO3)csc1=Nc1ccc(OCC)cc1. The number of carbonyl (C=O) groups excluding carboxylic acids is 1. The number of fused-ring (bicyclic) bond motifs is 1. The van der Waals surface area contributed by atoms with Crippen LogP contribution in [0.1, 0.15) is 6.92 Å². The highest BCUT2D eigenvalue weighted by atomic mass is 32.1. The number of anilines is 1. The van der Waals surface area contributed by atoms with Crippen LogP contribution in [0.25, 0.3) is 11.3 Å². The summed E-state index contributed by atoms with van der Waals surface area (Å²) < 4.78 is 13.0. The second-order valence-corrected chi connectivity index (χ2v) is 7.23. The summed E-state index contributed by atoms with van der Waals surface area (Å²) in [6.45, 7) is 7.14. The smallest absolute Gasteiger partial charge is 0.262 e. The Bertz CT molecular complexity index is 1110. The zero-order valence-electron chi connectivity index (χ0n) is 16.1. The van der Waals surface area contributed by atoms with Gasteiger partial charge in [0.25, 0.3) is 5.91 Å². The molecule has 0 fully saturated rings. The molecular formula is C22H21N3O3S. The van der Waals surface area contributed by atoms with E-state index in [2.05, 4.69) is 21.8 Å². The highest BCUT2D eigenvalue weighted by molar-refractivity contribution is 7.07. The molecule has 1 N–H and O–H groups in total. The molecule has 0 saturated carbocycles. The molecule has 0 atom stereocenters. The minimum absolute atomic E-state index is 0.0480. The molecule has 29 heavy (non-hydrogen) atoms. The molecule has 0 unspecified atom stereocenters. The summed E-state index contributed by atoms with van der Waals surface area (Å²) in [5.41, 5.74) is 3.51. The maximum Gasteiger partial charge on any atom is 0.262 e. The number of aromatic nitrogens is 1. The average Bonchev–Trinajstić information content (AvgIpc) is 3.12. The van der Waals surface area contributed by atoms with E-state index in [1.165, 1.54) is 0 Å². The molecular weight excluding hydrogens is 386 g/mol. The Labute approximate surface area is 172 Å². The average molecular weight is 407 g/mol. The summed E-state index contributed by atoms with van der Waals surface area (Å²) in [5.74, 6) is 1.36. The van der Waals surface area contributed by atoms with Gasteiger partial charge >= 0.3 is 0 Å². The first-order valence-corrected chi connectivity index (χ1v) is 10.2. The highest BCUT2D eigenvalue weighted by Crippen LogP contribution is 2.33. The first-order chi connectivity index (χ1) is 14.2. The standard InChI is InChI=1S/C22H21N3O3S/c1-3-11-25-19(15-5-10-20-18(12-15)24-21(26)13-28-20)14-29-22(25)23-16-6-8-17(9-7-16)27-4-2/h3,5-10,12,14H,1,4,11,13H2,2H3,(H,24,26). The predicted molar refractivity (Wildman–Crippen MR) is 115 cm³/mol. The molecule has 0 aliphatic carbocycles. The topological polar surface area (TPSA) is 64.9 Å². The molecule has 148 valence electrons. The number of nitrogens with one attached hydrogen (secondary N) is 1. The van der Waals surface area contributed by atoms with Crippen molar-refractivity contribution >= 4 is 28.6 Å². The zero-order valence-corrected chi connectivity index (χ0v) is 16.9. The monoisotopic (exact) mass is 407 g/mol. The lowest BCUT2D eigenvalue weighted by atomic mass is 10.1. The van der Waals surface area contributed by atoms with Crippen molar-refractivity contribution in [1.82, 2.24) is 4.57 Å². The quantitative estimate of drug-likeness (QED) is 0.618. The van der Waals surface area contributed by atoms with Crippen LogP contribution in [0, 0.1) is 0 Å². The van der Waals surface area contributed by atoms with Crippen LogP contribution < -0.4 is 19.6 Å². The zero-order chi connectivity index (χ0) is 20.2. The second kappa shape index (κ2) is 8.36. The summed E-state index contributed by atoms with van der Waals surface area (Å²) in [7, 11) is 0. The molecule has 1 aliphatic heterocycles. The van der Waals surface area contributed by atoms with E-state index in [1.807, 2.05) is 55.5 Å². The Morgan fingerprint density at radius 3 is 2.90 bits per heavy atom. The molecule has 0 spiro atoms. The van der Waals surface area contributed by atoms with Crippen molar-refractivity contribution in [3.8, 4) is 22.8 Å². The van der Waals surface area contributed by atoms with Crippen molar-refractivity contribution in [3.63, 3.8) is 0 Å². The van der Waals surface area contributed by atoms with E-state index in [-0.39, 0.29) is 12.5 Å². The maximum atomic E-state index is 11.6. The number of benzene rings is 2. The van der Waals surface area contributed by atoms with Gasteiger partial charge in [-0.05, 0) is 49.4 Å². The molecule has 0 saturated heterocycles. The van der Waals surface area contributed by atoms with Crippen LogP contribution in [0.2, 0.25) is 0 Å². The van der Waals surface area contributed by atoms with E-state index in [0.29, 0.717) is 24.6 Å². The minimum atomic E-state index is -0.148. The first kappa shape index (κ1) is 19.0. The molecule has 7 heteroatoms. The van der Waals surface area contributed by atoms with E-state index in [4.69, 9.17) is 14.5 Å². The van der Waals surface area contributed by atoms with Gasteiger partial charge < -0.3 is 19.4 Å². The predicted octanol–water partition coefficient (Wildman–Crippen LogP) is 4.36. The van der Waals surface area contributed by atoms with Crippen molar-refractivity contribution in [2.24, 2.45) is 4.99 Å². The Kier molecular flexibility index (Phi) is 5.48. The van der Waals surface area contributed by atoms with E-state index in [1.54, 1.807) is 11.3 Å². The third-order valence-electron chi connectivity index (χ3n) is 4.39. The largest absolute Gasteiger partial charge is 0.494 e. The van der Waals surface area contributed by atoms with Crippen LogP contribution >= 0.6 is 11.3 Å². The van der Waals surface area contributed by atoms with Crippen molar-refractivity contribution < 1.29 is 14.3 Å². The summed E-state index contributed by atoms with van der Waals surface area (Å²) >= 11 is 1.56.